The van der Waals surface area contributed by atoms with Gasteiger partial charge in [0.1, 0.15) is 11.5 Å². The van der Waals surface area contributed by atoms with Crippen LogP contribution >= 0.6 is 11.8 Å². The van der Waals surface area contributed by atoms with Crippen molar-refractivity contribution in [1.82, 2.24) is 19.9 Å². The summed E-state index contributed by atoms with van der Waals surface area (Å²) in [6.07, 6.45) is 1.63. The molecule has 0 aliphatic rings. The third-order valence-corrected chi connectivity index (χ3v) is 5.19. The van der Waals surface area contributed by atoms with Crippen LogP contribution in [0.5, 0.6) is 0 Å². The quantitative estimate of drug-likeness (QED) is 0.462. The first-order chi connectivity index (χ1) is 14.1. The average Bonchev–Trinajstić information content (AvgIpc) is 3.42. The van der Waals surface area contributed by atoms with Gasteiger partial charge in [-0.2, -0.15) is 0 Å². The van der Waals surface area contributed by atoms with Crippen LogP contribution in [0, 0.1) is 13.8 Å². The van der Waals surface area contributed by atoms with Gasteiger partial charge in [-0.15, -0.1) is 10.2 Å². The van der Waals surface area contributed by atoms with Crippen molar-refractivity contribution in [2.45, 2.75) is 25.5 Å². The third kappa shape index (κ3) is 4.40. The monoisotopic (exact) mass is 409 g/mol. The first-order valence-corrected chi connectivity index (χ1v) is 9.96. The molecule has 0 saturated heterocycles. The topological polar surface area (TPSA) is 99.0 Å². The summed E-state index contributed by atoms with van der Waals surface area (Å²) in [4.78, 5) is 12.3. The van der Waals surface area contributed by atoms with Crippen LogP contribution in [0.4, 0.5) is 5.82 Å². The predicted molar refractivity (Wildman–Crippen MR) is 109 cm³/mol. The van der Waals surface area contributed by atoms with E-state index in [1.807, 2.05) is 47.9 Å². The minimum absolute atomic E-state index is 0.170. The smallest absolute Gasteiger partial charge is 0.236 e. The Balaban J connectivity index is 1.55. The van der Waals surface area contributed by atoms with E-state index in [1.54, 1.807) is 19.3 Å². The second-order valence-electron chi connectivity index (χ2n) is 6.43. The minimum Gasteiger partial charge on any atom is -0.469 e. The standard InChI is InChI=1S/C20H19N5O3S/c1-13-10-17(24-28-13)21-18(26)12-29-20-23-22-19(16-8-9-27-14(16)2)25(20)11-15-6-4-3-5-7-15/h3-10H,11-12H2,1-2H3,(H,21,24,26). The number of amides is 1. The number of rotatable bonds is 7. The second-order valence-corrected chi connectivity index (χ2v) is 7.37. The number of nitrogens with one attached hydrogen (secondary N) is 1. The first-order valence-electron chi connectivity index (χ1n) is 8.97. The van der Waals surface area contributed by atoms with Crippen LogP contribution in [0.25, 0.3) is 11.4 Å². The second kappa shape index (κ2) is 8.36. The Labute approximate surface area is 171 Å². The normalized spacial score (nSPS) is 11.0. The van der Waals surface area contributed by atoms with Crippen molar-refractivity contribution in [2.75, 3.05) is 11.1 Å². The van der Waals surface area contributed by atoms with E-state index in [0.29, 0.717) is 29.1 Å². The summed E-state index contributed by atoms with van der Waals surface area (Å²) in [5, 5.41) is 15.8. The molecule has 1 amide bonds. The maximum absolute atomic E-state index is 12.3. The van der Waals surface area contributed by atoms with Gasteiger partial charge in [0.25, 0.3) is 0 Å². The zero-order valence-corrected chi connectivity index (χ0v) is 16.8. The molecule has 0 fully saturated rings. The van der Waals surface area contributed by atoms with Crippen molar-refractivity contribution in [2.24, 2.45) is 0 Å². The highest BCUT2D eigenvalue weighted by Crippen LogP contribution is 2.28. The Kier molecular flexibility index (Phi) is 5.48. The summed E-state index contributed by atoms with van der Waals surface area (Å²) in [6, 6.07) is 13.6. The summed E-state index contributed by atoms with van der Waals surface area (Å²) in [5.74, 6) is 2.48. The summed E-state index contributed by atoms with van der Waals surface area (Å²) >= 11 is 1.31. The van der Waals surface area contributed by atoms with Crippen LogP contribution in [0.3, 0.4) is 0 Å². The molecule has 0 aliphatic carbocycles. The Bertz CT molecular complexity index is 1120. The zero-order valence-electron chi connectivity index (χ0n) is 16.0. The van der Waals surface area contributed by atoms with Gasteiger partial charge in [-0.3, -0.25) is 9.36 Å². The van der Waals surface area contributed by atoms with Crippen LogP contribution in [-0.4, -0.2) is 31.6 Å². The van der Waals surface area contributed by atoms with Gasteiger partial charge in [0.2, 0.25) is 5.91 Å². The molecule has 1 N–H and O–H groups in total. The number of carbonyl (C=O) groups is 1. The molecule has 3 heterocycles. The Hall–Kier alpha value is -3.33. The fraction of sp³-hybridized carbons (Fsp3) is 0.200. The summed E-state index contributed by atoms with van der Waals surface area (Å²) < 4.78 is 12.4. The molecule has 0 aliphatic heterocycles. The van der Waals surface area contributed by atoms with Crippen molar-refractivity contribution < 1.29 is 13.7 Å². The number of anilines is 1. The molecule has 29 heavy (non-hydrogen) atoms. The molecule has 0 saturated carbocycles. The zero-order chi connectivity index (χ0) is 20.2. The van der Waals surface area contributed by atoms with E-state index in [1.165, 1.54) is 11.8 Å². The predicted octanol–water partition coefficient (Wildman–Crippen LogP) is 3.92. The van der Waals surface area contributed by atoms with Gasteiger partial charge in [0, 0.05) is 6.07 Å². The van der Waals surface area contributed by atoms with Crippen LogP contribution < -0.4 is 5.32 Å². The Morgan fingerprint density at radius 1 is 1.17 bits per heavy atom. The molecule has 4 rings (SSSR count). The van der Waals surface area contributed by atoms with Crippen molar-refractivity contribution in [3.63, 3.8) is 0 Å². The molecule has 9 heteroatoms. The average molecular weight is 409 g/mol. The lowest BCUT2D eigenvalue weighted by molar-refractivity contribution is -0.113. The lowest BCUT2D eigenvalue weighted by Crippen LogP contribution is -2.15. The highest BCUT2D eigenvalue weighted by Gasteiger charge is 2.19. The highest BCUT2D eigenvalue weighted by molar-refractivity contribution is 7.99. The van der Waals surface area contributed by atoms with Gasteiger partial charge in [-0.25, -0.2) is 0 Å². The van der Waals surface area contributed by atoms with E-state index in [-0.39, 0.29) is 11.7 Å². The lowest BCUT2D eigenvalue weighted by atomic mass is 10.2. The number of benzene rings is 1. The van der Waals surface area contributed by atoms with Crippen molar-refractivity contribution in [3.8, 4) is 11.4 Å². The maximum atomic E-state index is 12.3. The van der Waals surface area contributed by atoms with Crippen LogP contribution in [-0.2, 0) is 11.3 Å². The maximum Gasteiger partial charge on any atom is 0.236 e. The number of aromatic nitrogens is 4. The summed E-state index contributed by atoms with van der Waals surface area (Å²) in [6.45, 7) is 4.24. The number of aryl methyl sites for hydroxylation is 2. The fourth-order valence-electron chi connectivity index (χ4n) is 2.85. The molecule has 0 radical (unpaired) electrons. The first kappa shape index (κ1) is 19.0. The van der Waals surface area contributed by atoms with E-state index in [9.17, 15) is 4.79 Å². The molecule has 0 spiro atoms. The van der Waals surface area contributed by atoms with E-state index in [4.69, 9.17) is 8.94 Å². The fourth-order valence-corrected chi connectivity index (χ4v) is 3.59. The summed E-state index contributed by atoms with van der Waals surface area (Å²) in [5.41, 5.74) is 1.99. The number of hydrogen-bond acceptors (Lipinski definition) is 7. The molecule has 0 bridgehead atoms. The molecule has 4 aromatic rings. The van der Waals surface area contributed by atoms with Crippen LogP contribution in [0.1, 0.15) is 17.1 Å². The number of hydrogen-bond donors (Lipinski definition) is 1. The number of thioether (sulfide) groups is 1. The van der Waals surface area contributed by atoms with Gasteiger partial charge in [-0.1, -0.05) is 47.3 Å². The largest absolute Gasteiger partial charge is 0.469 e. The van der Waals surface area contributed by atoms with E-state index in [0.717, 1.165) is 16.9 Å². The Morgan fingerprint density at radius 2 is 2.00 bits per heavy atom. The Morgan fingerprint density at radius 3 is 2.69 bits per heavy atom. The molecule has 0 atom stereocenters. The molecular formula is C20H19N5O3S. The SMILES string of the molecule is Cc1cc(NC(=O)CSc2nnc(-c3ccoc3C)n2Cc2ccccc2)no1. The highest BCUT2D eigenvalue weighted by atomic mass is 32.2. The van der Waals surface area contributed by atoms with E-state index in [2.05, 4.69) is 20.7 Å². The number of furan rings is 1. The molecular weight excluding hydrogens is 390 g/mol. The molecule has 3 aromatic heterocycles. The third-order valence-electron chi connectivity index (χ3n) is 4.23. The van der Waals surface area contributed by atoms with Gasteiger partial charge in [-0.05, 0) is 25.5 Å². The van der Waals surface area contributed by atoms with Crippen LogP contribution in [0.15, 0.2) is 62.8 Å². The number of carbonyl (C=O) groups excluding carboxylic acids is 1. The van der Waals surface area contributed by atoms with Crippen molar-refractivity contribution in [1.29, 1.82) is 0 Å². The molecule has 8 nitrogen and oxygen atoms in total. The van der Waals surface area contributed by atoms with Gasteiger partial charge >= 0.3 is 0 Å². The van der Waals surface area contributed by atoms with Crippen molar-refractivity contribution in [3.05, 3.63) is 65.8 Å². The van der Waals surface area contributed by atoms with E-state index < -0.39 is 0 Å². The minimum atomic E-state index is -0.196. The molecule has 1 aromatic carbocycles. The molecule has 0 unspecified atom stereocenters. The molecule has 148 valence electrons. The van der Waals surface area contributed by atoms with Crippen molar-refractivity contribution >= 4 is 23.5 Å². The van der Waals surface area contributed by atoms with Gasteiger partial charge in [0.05, 0.1) is 24.1 Å². The lowest BCUT2D eigenvalue weighted by Gasteiger charge is -2.10. The summed E-state index contributed by atoms with van der Waals surface area (Å²) in [7, 11) is 0. The van der Waals surface area contributed by atoms with Crippen LogP contribution in [0.2, 0.25) is 0 Å². The van der Waals surface area contributed by atoms with Gasteiger partial charge < -0.3 is 14.3 Å². The van der Waals surface area contributed by atoms with Gasteiger partial charge in [0.15, 0.2) is 16.8 Å². The number of nitrogens with zero attached hydrogens (tertiary/aromatic N) is 4. The van der Waals surface area contributed by atoms with E-state index >= 15 is 0 Å².